The minimum Gasteiger partial charge on any atom is -0.385 e. The van der Waals surface area contributed by atoms with Gasteiger partial charge in [0.15, 0.2) is 0 Å². The molecule has 12 heavy (non-hydrogen) atoms. The SMILES string of the molecule is Cc1ccccc1C/C(N)=N/N. The Kier molecular flexibility index (Phi) is 2.69. The Hall–Kier alpha value is -1.51. The Balaban J connectivity index is 2.82. The minimum absolute atomic E-state index is 0.462. The summed E-state index contributed by atoms with van der Waals surface area (Å²) in [6.45, 7) is 2.04. The molecule has 0 atom stereocenters. The second-order valence-electron chi connectivity index (χ2n) is 2.72. The van der Waals surface area contributed by atoms with Crippen molar-refractivity contribution < 1.29 is 0 Å². The van der Waals surface area contributed by atoms with E-state index in [9.17, 15) is 0 Å². The number of amidine groups is 1. The Morgan fingerprint density at radius 1 is 1.42 bits per heavy atom. The van der Waals surface area contributed by atoms with Crippen molar-refractivity contribution >= 4 is 5.84 Å². The zero-order valence-corrected chi connectivity index (χ0v) is 7.12. The van der Waals surface area contributed by atoms with E-state index in [1.165, 1.54) is 11.1 Å². The van der Waals surface area contributed by atoms with E-state index in [2.05, 4.69) is 5.10 Å². The van der Waals surface area contributed by atoms with Gasteiger partial charge in [-0.05, 0) is 18.1 Å². The highest BCUT2D eigenvalue weighted by atomic mass is 15.1. The van der Waals surface area contributed by atoms with Crippen LogP contribution in [0.5, 0.6) is 0 Å². The van der Waals surface area contributed by atoms with Gasteiger partial charge in [-0.2, -0.15) is 5.10 Å². The molecule has 0 fully saturated rings. The van der Waals surface area contributed by atoms with Crippen LogP contribution in [0.25, 0.3) is 0 Å². The van der Waals surface area contributed by atoms with E-state index in [0.717, 1.165) is 0 Å². The van der Waals surface area contributed by atoms with E-state index in [1.54, 1.807) is 0 Å². The molecule has 0 spiro atoms. The summed E-state index contributed by atoms with van der Waals surface area (Å²) in [6, 6.07) is 8.03. The molecule has 1 rings (SSSR count). The average molecular weight is 163 g/mol. The topological polar surface area (TPSA) is 64.4 Å². The molecule has 0 unspecified atom stereocenters. The molecule has 0 saturated heterocycles. The highest BCUT2D eigenvalue weighted by Gasteiger charge is 1.98. The summed E-state index contributed by atoms with van der Waals surface area (Å²) in [5.41, 5.74) is 7.88. The third kappa shape index (κ3) is 1.99. The number of benzene rings is 1. The van der Waals surface area contributed by atoms with Crippen LogP contribution in [0.2, 0.25) is 0 Å². The Morgan fingerprint density at radius 3 is 2.67 bits per heavy atom. The van der Waals surface area contributed by atoms with Crippen molar-refractivity contribution in [2.75, 3.05) is 0 Å². The summed E-state index contributed by atoms with van der Waals surface area (Å²) in [5.74, 6) is 5.50. The number of nitrogens with zero attached hydrogens (tertiary/aromatic N) is 1. The van der Waals surface area contributed by atoms with Gasteiger partial charge in [-0.25, -0.2) is 0 Å². The van der Waals surface area contributed by atoms with Crippen LogP contribution in [-0.4, -0.2) is 5.84 Å². The summed E-state index contributed by atoms with van der Waals surface area (Å²) in [7, 11) is 0. The van der Waals surface area contributed by atoms with E-state index in [-0.39, 0.29) is 0 Å². The van der Waals surface area contributed by atoms with Gasteiger partial charge in [0.1, 0.15) is 5.84 Å². The molecule has 1 aromatic rings. The molecule has 0 heterocycles. The Bertz CT molecular complexity index is 292. The minimum atomic E-state index is 0.462. The van der Waals surface area contributed by atoms with Crippen molar-refractivity contribution in [2.24, 2.45) is 16.7 Å². The molecule has 0 bridgehead atoms. The molecule has 3 heteroatoms. The number of rotatable bonds is 2. The average Bonchev–Trinajstić information content (AvgIpc) is 2.09. The van der Waals surface area contributed by atoms with E-state index < -0.39 is 0 Å². The van der Waals surface area contributed by atoms with Crippen LogP contribution >= 0.6 is 0 Å². The molecule has 0 saturated carbocycles. The molecular weight excluding hydrogens is 150 g/mol. The first kappa shape index (κ1) is 8.59. The predicted octanol–water partition coefficient (Wildman–Crippen LogP) is 0.768. The fourth-order valence-corrected chi connectivity index (χ4v) is 1.05. The lowest BCUT2D eigenvalue weighted by Gasteiger charge is -2.03. The second-order valence-corrected chi connectivity index (χ2v) is 2.72. The maximum Gasteiger partial charge on any atom is 0.123 e. The standard InChI is InChI=1S/C9H13N3/c1-7-4-2-3-5-8(7)6-9(10)12-11/h2-5H,6,11H2,1H3,(H2,10,12). The number of nitrogens with two attached hydrogens (primary N) is 2. The summed E-state index contributed by atoms with van der Waals surface area (Å²) in [6.07, 6.45) is 0.628. The highest BCUT2D eigenvalue weighted by molar-refractivity contribution is 5.82. The van der Waals surface area contributed by atoms with Crippen molar-refractivity contribution in [3.63, 3.8) is 0 Å². The van der Waals surface area contributed by atoms with E-state index in [0.29, 0.717) is 12.3 Å². The van der Waals surface area contributed by atoms with Crippen molar-refractivity contribution in [1.82, 2.24) is 0 Å². The van der Waals surface area contributed by atoms with E-state index in [1.807, 2.05) is 31.2 Å². The maximum atomic E-state index is 5.50. The van der Waals surface area contributed by atoms with Crippen molar-refractivity contribution in [3.8, 4) is 0 Å². The fourth-order valence-electron chi connectivity index (χ4n) is 1.05. The van der Waals surface area contributed by atoms with Gasteiger partial charge < -0.3 is 11.6 Å². The zero-order chi connectivity index (χ0) is 8.97. The lowest BCUT2D eigenvalue weighted by Crippen LogP contribution is -2.17. The normalized spacial score (nSPS) is 11.6. The summed E-state index contributed by atoms with van der Waals surface area (Å²) in [4.78, 5) is 0. The molecule has 64 valence electrons. The fraction of sp³-hybridized carbons (Fsp3) is 0.222. The van der Waals surface area contributed by atoms with E-state index in [4.69, 9.17) is 11.6 Å². The molecule has 0 aliphatic carbocycles. The maximum absolute atomic E-state index is 5.50. The van der Waals surface area contributed by atoms with Crippen LogP contribution in [0, 0.1) is 6.92 Å². The molecule has 0 aromatic heterocycles. The van der Waals surface area contributed by atoms with Crippen LogP contribution in [0.1, 0.15) is 11.1 Å². The van der Waals surface area contributed by atoms with Crippen LogP contribution in [0.3, 0.4) is 0 Å². The molecule has 0 aliphatic heterocycles. The molecule has 0 amide bonds. The first-order valence-corrected chi connectivity index (χ1v) is 3.80. The lowest BCUT2D eigenvalue weighted by molar-refractivity contribution is 1.16. The second kappa shape index (κ2) is 3.76. The first-order valence-electron chi connectivity index (χ1n) is 3.80. The Labute approximate surface area is 72.1 Å². The highest BCUT2D eigenvalue weighted by Crippen LogP contribution is 2.06. The number of hydrogen-bond acceptors (Lipinski definition) is 2. The van der Waals surface area contributed by atoms with Crippen LogP contribution < -0.4 is 11.6 Å². The van der Waals surface area contributed by atoms with Gasteiger partial charge in [0.05, 0.1) is 0 Å². The molecule has 0 radical (unpaired) electrons. The van der Waals surface area contributed by atoms with Crippen LogP contribution in [0.4, 0.5) is 0 Å². The lowest BCUT2D eigenvalue weighted by atomic mass is 10.1. The van der Waals surface area contributed by atoms with Gasteiger partial charge in [-0.1, -0.05) is 24.3 Å². The summed E-state index contributed by atoms with van der Waals surface area (Å²) >= 11 is 0. The Morgan fingerprint density at radius 2 is 2.08 bits per heavy atom. The van der Waals surface area contributed by atoms with Crippen molar-refractivity contribution in [1.29, 1.82) is 0 Å². The molecule has 0 aliphatic rings. The number of hydrazone groups is 1. The van der Waals surface area contributed by atoms with Gasteiger partial charge in [0.2, 0.25) is 0 Å². The van der Waals surface area contributed by atoms with Gasteiger partial charge >= 0.3 is 0 Å². The molecule has 3 nitrogen and oxygen atoms in total. The molecule has 4 N–H and O–H groups in total. The van der Waals surface area contributed by atoms with Crippen molar-refractivity contribution in [2.45, 2.75) is 13.3 Å². The van der Waals surface area contributed by atoms with Gasteiger partial charge in [-0.3, -0.25) is 0 Å². The summed E-state index contributed by atoms with van der Waals surface area (Å²) in [5, 5.41) is 3.42. The van der Waals surface area contributed by atoms with Crippen LogP contribution in [-0.2, 0) is 6.42 Å². The van der Waals surface area contributed by atoms with E-state index >= 15 is 0 Å². The molecular formula is C9H13N3. The predicted molar refractivity (Wildman–Crippen MR) is 50.7 cm³/mol. The smallest absolute Gasteiger partial charge is 0.123 e. The monoisotopic (exact) mass is 163 g/mol. The summed E-state index contributed by atoms with van der Waals surface area (Å²) < 4.78 is 0. The zero-order valence-electron chi connectivity index (χ0n) is 7.12. The third-order valence-corrected chi connectivity index (χ3v) is 1.80. The van der Waals surface area contributed by atoms with Crippen LogP contribution in [0.15, 0.2) is 29.4 Å². The quantitative estimate of drug-likeness (QED) is 0.293. The first-order chi connectivity index (χ1) is 5.74. The van der Waals surface area contributed by atoms with Crippen molar-refractivity contribution in [3.05, 3.63) is 35.4 Å². The van der Waals surface area contributed by atoms with Gasteiger partial charge in [-0.15, -0.1) is 0 Å². The van der Waals surface area contributed by atoms with Gasteiger partial charge in [0.25, 0.3) is 0 Å². The largest absolute Gasteiger partial charge is 0.385 e. The van der Waals surface area contributed by atoms with Gasteiger partial charge in [0, 0.05) is 6.42 Å². The number of aryl methyl sites for hydroxylation is 1. The third-order valence-electron chi connectivity index (χ3n) is 1.80. The molecule has 1 aromatic carbocycles. The number of hydrogen-bond donors (Lipinski definition) is 2.